The lowest BCUT2D eigenvalue weighted by molar-refractivity contribution is 0.0689. The largest absolute Gasteiger partial charge is 0.336 e. The average Bonchev–Trinajstić information content (AvgIpc) is 2.73. The first-order valence-corrected chi connectivity index (χ1v) is 10.7. The van der Waals surface area contributed by atoms with Crippen LogP contribution in [0.15, 0.2) is 48.5 Å². The third-order valence-electron chi connectivity index (χ3n) is 5.38. The van der Waals surface area contributed by atoms with Crippen LogP contribution in [0.1, 0.15) is 21.5 Å². The Labute approximate surface area is 164 Å². The van der Waals surface area contributed by atoms with E-state index in [2.05, 4.69) is 0 Å². The fourth-order valence-electron chi connectivity index (χ4n) is 3.76. The van der Waals surface area contributed by atoms with Gasteiger partial charge in [0, 0.05) is 39.3 Å². The standard InChI is InChI=1S/C20H22FN3O3S/c21-19-8-4-3-7-18(19)20(25)22-11-13-23(14-12-22)28(26,27)24-10-9-16-5-1-2-6-17(16)15-24/h1-8H,9-15H2. The lowest BCUT2D eigenvalue weighted by Crippen LogP contribution is -2.54. The number of amides is 1. The summed E-state index contributed by atoms with van der Waals surface area (Å²) >= 11 is 0. The Kier molecular flexibility index (Phi) is 5.18. The van der Waals surface area contributed by atoms with Gasteiger partial charge in [-0.15, -0.1) is 0 Å². The van der Waals surface area contributed by atoms with Crippen LogP contribution in [0.2, 0.25) is 0 Å². The maximum Gasteiger partial charge on any atom is 0.282 e. The minimum atomic E-state index is -3.60. The molecule has 0 unspecified atom stereocenters. The highest BCUT2D eigenvalue weighted by atomic mass is 32.2. The van der Waals surface area contributed by atoms with E-state index in [0.717, 1.165) is 5.56 Å². The summed E-state index contributed by atoms with van der Waals surface area (Å²) in [5.74, 6) is -0.961. The predicted molar refractivity (Wildman–Crippen MR) is 103 cm³/mol. The molecule has 0 aromatic heterocycles. The minimum Gasteiger partial charge on any atom is -0.336 e. The van der Waals surface area contributed by atoms with Crippen LogP contribution in [0.4, 0.5) is 4.39 Å². The molecular weight excluding hydrogens is 381 g/mol. The SMILES string of the molecule is O=C(c1ccccc1F)N1CCN(S(=O)(=O)N2CCc3ccccc3C2)CC1. The monoisotopic (exact) mass is 403 g/mol. The van der Waals surface area contributed by atoms with Crippen molar-refractivity contribution in [3.05, 3.63) is 71.0 Å². The van der Waals surface area contributed by atoms with Gasteiger partial charge in [0.1, 0.15) is 5.82 Å². The van der Waals surface area contributed by atoms with Gasteiger partial charge in [-0.3, -0.25) is 4.79 Å². The van der Waals surface area contributed by atoms with E-state index in [0.29, 0.717) is 19.5 Å². The molecule has 0 atom stereocenters. The number of hydrogen-bond donors (Lipinski definition) is 0. The molecule has 2 aromatic rings. The van der Waals surface area contributed by atoms with Gasteiger partial charge in [0.25, 0.3) is 16.1 Å². The van der Waals surface area contributed by atoms with Gasteiger partial charge in [0.15, 0.2) is 0 Å². The molecule has 0 spiro atoms. The van der Waals surface area contributed by atoms with Crippen LogP contribution in [0.25, 0.3) is 0 Å². The Morgan fingerprint density at radius 1 is 0.821 bits per heavy atom. The van der Waals surface area contributed by atoms with E-state index in [4.69, 9.17) is 0 Å². The smallest absolute Gasteiger partial charge is 0.282 e. The van der Waals surface area contributed by atoms with Crippen LogP contribution in [0.5, 0.6) is 0 Å². The molecule has 0 saturated carbocycles. The molecule has 0 radical (unpaired) electrons. The molecule has 4 rings (SSSR count). The third kappa shape index (κ3) is 3.55. The van der Waals surface area contributed by atoms with Crippen LogP contribution in [-0.2, 0) is 23.2 Å². The molecule has 2 aliphatic rings. The number of fused-ring (bicyclic) bond motifs is 1. The lowest BCUT2D eigenvalue weighted by atomic mass is 10.0. The fourth-order valence-corrected chi connectivity index (χ4v) is 5.33. The van der Waals surface area contributed by atoms with Crippen LogP contribution in [0.3, 0.4) is 0 Å². The van der Waals surface area contributed by atoms with Crippen LogP contribution in [-0.4, -0.2) is 60.6 Å². The summed E-state index contributed by atoms with van der Waals surface area (Å²) in [7, 11) is -3.60. The highest BCUT2D eigenvalue weighted by Gasteiger charge is 2.35. The molecule has 0 bridgehead atoms. The number of hydrogen-bond acceptors (Lipinski definition) is 3. The van der Waals surface area contributed by atoms with Crippen molar-refractivity contribution < 1.29 is 17.6 Å². The molecule has 6 nitrogen and oxygen atoms in total. The van der Waals surface area contributed by atoms with Gasteiger partial charge in [-0.05, 0) is 29.7 Å². The lowest BCUT2D eigenvalue weighted by Gasteiger charge is -2.38. The Morgan fingerprint density at radius 3 is 2.18 bits per heavy atom. The summed E-state index contributed by atoms with van der Waals surface area (Å²) in [5, 5.41) is 0. The van der Waals surface area contributed by atoms with Crippen molar-refractivity contribution in [2.45, 2.75) is 13.0 Å². The molecule has 0 N–H and O–H groups in total. The number of piperazine rings is 1. The molecule has 2 aliphatic heterocycles. The molecule has 1 saturated heterocycles. The second-order valence-electron chi connectivity index (χ2n) is 7.03. The van der Waals surface area contributed by atoms with Crippen molar-refractivity contribution in [2.24, 2.45) is 0 Å². The Hall–Kier alpha value is -2.29. The first kappa shape index (κ1) is 19.0. The number of benzene rings is 2. The first-order valence-electron chi connectivity index (χ1n) is 9.32. The summed E-state index contributed by atoms with van der Waals surface area (Å²) in [6.07, 6.45) is 0.696. The van der Waals surface area contributed by atoms with Crippen molar-refractivity contribution in [3.8, 4) is 0 Å². The summed E-state index contributed by atoms with van der Waals surface area (Å²) in [6, 6.07) is 13.7. The fraction of sp³-hybridized carbons (Fsp3) is 0.350. The number of nitrogens with zero attached hydrogens (tertiary/aromatic N) is 3. The van der Waals surface area contributed by atoms with Gasteiger partial charge >= 0.3 is 0 Å². The van der Waals surface area contributed by atoms with Crippen molar-refractivity contribution in [1.29, 1.82) is 0 Å². The van der Waals surface area contributed by atoms with Gasteiger partial charge in [-0.25, -0.2) is 4.39 Å². The maximum absolute atomic E-state index is 13.9. The highest BCUT2D eigenvalue weighted by molar-refractivity contribution is 7.86. The number of carbonyl (C=O) groups excluding carboxylic acids is 1. The topological polar surface area (TPSA) is 60.9 Å². The zero-order valence-corrected chi connectivity index (χ0v) is 16.2. The maximum atomic E-state index is 13.9. The van der Waals surface area contributed by atoms with Crippen molar-refractivity contribution in [3.63, 3.8) is 0 Å². The Bertz CT molecular complexity index is 988. The zero-order chi connectivity index (χ0) is 19.7. The normalized spacial score (nSPS) is 18.7. The van der Waals surface area contributed by atoms with E-state index in [1.165, 1.54) is 37.3 Å². The second-order valence-corrected chi connectivity index (χ2v) is 8.96. The van der Waals surface area contributed by atoms with E-state index >= 15 is 0 Å². The molecule has 2 aromatic carbocycles. The molecular formula is C20H22FN3O3S. The highest BCUT2D eigenvalue weighted by Crippen LogP contribution is 2.23. The molecule has 1 amide bonds. The predicted octanol–water partition coefficient (Wildman–Crippen LogP) is 1.89. The molecule has 8 heteroatoms. The van der Waals surface area contributed by atoms with Crippen LogP contribution in [0, 0.1) is 5.82 Å². The third-order valence-corrected chi connectivity index (χ3v) is 7.36. The number of halogens is 1. The van der Waals surface area contributed by atoms with Crippen molar-refractivity contribution in [1.82, 2.24) is 13.5 Å². The van der Waals surface area contributed by atoms with Crippen LogP contribution < -0.4 is 0 Å². The average molecular weight is 403 g/mol. The Morgan fingerprint density at radius 2 is 1.46 bits per heavy atom. The van der Waals surface area contributed by atoms with Crippen LogP contribution >= 0.6 is 0 Å². The van der Waals surface area contributed by atoms with Gasteiger partial charge in [0.2, 0.25) is 0 Å². The van der Waals surface area contributed by atoms with Crippen molar-refractivity contribution >= 4 is 16.1 Å². The molecule has 148 valence electrons. The van der Waals surface area contributed by atoms with Crippen molar-refractivity contribution in [2.75, 3.05) is 32.7 Å². The first-order chi connectivity index (χ1) is 13.5. The second kappa shape index (κ2) is 7.62. The van der Waals surface area contributed by atoms with Gasteiger partial charge in [-0.2, -0.15) is 17.0 Å². The molecule has 0 aliphatic carbocycles. The summed E-state index contributed by atoms with van der Waals surface area (Å²) in [4.78, 5) is 14.0. The zero-order valence-electron chi connectivity index (χ0n) is 15.4. The summed E-state index contributed by atoms with van der Waals surface area (Å²) in [6.45, 7) is 1.73. The van der Waals surface area contributed by atoms with E-state index in [9.17, 15) is 17.6 Å². The molecule has 1 fully saturated rings. The number of rotatable bonds is 3. The summed E-state index contributed by atoms with van der Waals surface area (Å²) < 4.78 is 42.9. The van der Waals surface area contributed by atoms with E-state index in [-0.39, 0.29) is 31.7 Å². The summed E-state index contributed by atoms with van der Waals surface area (Å²) in [5.41, 5.74) is 2.24. The quantitative estimate of drug-likeness (QED) is 0.786. The number of carbonyl (C=O) groups is 1. The van der Waals surface area contributed by atoms with Gasteiger partial charge in [-0.1, -0.05) is 36.4 Å². The molecule has 2 heterocycles. The molecule has 28 heavy (non-hydrogen) atoms. The van der Waals surface area contributed by atoms with E-state index in [1.54, 1.807) is 6.07 Å². The minimum absolute atomic E-state index is 0.0199. The Balaban J connectivity index is 1.42. The van der Waals surface area contributed by atoms with E-state index in [1.807, 2.05) is 24.3 Å². The van der Waals surface area contributed by atoms with E-state index < -0.39 is 21.9 Å². The van der Waals surface area contributed by atoms with Gasteiger partial charge in [0.05, 0.1) is 5.56 Å². The van der Waals surface area contributed by atoms with Gasteiger partial charge < -0.3 is 4.90 Å².